The van der Waals surface area contributed by atoms with E-state index in [1.165, 1.54) is 11.1 Å². The summed E-state index contributed by atoms with van der Waals surface area (Å²) >= 11 is 0. The lowest BCUT2D eigenvalue weighted by Crippen LogP contribution is -2.24. The molecule has 2 heteroatoms. The van der Waals surface area contributed by atoms with Crippen molar-refractivity contribution in [2.45, 2.75) is 26.8 Å². The summed E-state index contributed by atoms with van der Waals surface area (Å²) in [6.07, 6.45) is 1.09. The molecule has 0 radical (unpaired) electrons. The Labute approximate surface area is 92.1 Å². The summed E-state index contributed by atoms with van der Waals surface area (Å²) in [7, 11) is 0. The predicted molar refractivity (Wildman–Crippen MR) is 62.4 cm³/mol. The van der Waals surface area contributed by atoms with E-state index in [4.69, 9.17) is 5.26 Å². The molecule has 0 heterocycles. The Morgan fingerprint density at radius 3 is 2.47 bits per heavy atom. The van der Waals surface area contributed by atoms with Crippen LogP contribution >= 0.6 is 0 Å². The first-order chi connectivity index (χ1) is 7.26. The number of nitrogens with zero attached hydrogens (tertiary/aromatic N) is 2. The molecule has 0 bridgehead atoms. The third kappa shape index (κ3) is 4.14. The van der Waals surface area contributed by atoms with Gasteiger partial charge in [0.1, 0.15) is 0 Å². The normalized spacial score (nSPS) is 10.3. The SMILES string of the molecule is CCCN(CC#N)Cc1ccc(C)cc1. The van der Waals surface area contributed by atoms with Gasteiger partial charge in [-0.2, -0.15) is 5.26 Å². The molecule has 1 aromatic carbocycles. The second-order valence-electron chi connectivity index (χ2n) is 3.85. The predicted octanol–water partition coefficient (Wildman–Crippen LogP) is 2.73. The van der Waals surface area contributed by atoms with E-state index in [0.717, 1.165) is 19.5 Å². The average molecular weight is 202 g/mol. The van der Waals surface area contributed by atoms with Crippen LogP contribution in [0.1, 0.15) is 24.5 Å². The van der Waals surface area contributed by atoms with Crippen LogP contribution < -0.4 is 0 Å². The number of hydrogen-bond acceptors (Lipinski definition) is 2. The highest BCUT2D eigenvalue weighted by molar-refractivity contribution is 5.21. The van der Waals surface area contributed by atoms with Crippen LogP contribution in [0.15, 0.2) is 24.3 Å². The molecular weight excluding hydrogens is 184 g/mol. The molecule has 0 aliphatic rings. The topological polar surface area (TPSA) is 27.0 Å². The molecule has 80 valence electrons. The minimum absolute atomic E-state index is 0.516. The molecule has 0 N–H and O–H groups in total. The Balaban J connectivity index is 2.57. The second kappa shape index (κ2) is 6.21. The van der Waals surface area contributed by atoms with Gasteiger partial charge >= 0.3 is 0 Å². The maximum atomic E-state index is 8.69. The van der Waals surface area contributed by atoms with Crippen LogP contribution in [-0.2, 0) is 6.54 Å². The first-order valence-corrected chi connectivity index (χ1v) is 5.41. The van der Waals surface area contributed by atoms with Crippen molar-refractivity contribution in [1.82, 2.24) is 4.90 Å². The maximum Gasteiger partial charge on any atom is 0.0868 e. The molecule has 15 heavy (non-hydrogen) atoms. The van der Waals surface area contributed by atoms with Crippen molar-refractivity contribution in [3.05, 3.63) is 35.4 Å². The van der Waals surface area contributed by atoms with E-state index in [9.17, 15) is 0 Å². The van der Waals surface area contributed by atoms with E-state index in [-0.39, 0.29) is 0 Å². The van der Waals surface area contributed by atoms with E-state index in [0.29, 0.717) is 6.54 Å². The lowest BCUT2D eigenvalue weighted by molar-refractivity contribution is 0.298. The van der Waals surface area contributed by atoms with Gasteiger partial charge in [0.25, 0.3) is 0 Å². The van der Waals surface area contributed by atoms with E-state index in [1.807, 2.05) is 0 Å². The zero-order valence-corrected chi connectivity index (χ0v) is 9.53. The largest absolute Gasteiger partial charge is 0.286 e. The zero-order chi connectivity index (χ0) is 11.1. The summed E-state index contributed by atoms with van der Waals surface area (Å²) in [5.74, 6) is 0. The Bertz CT molecular complexity index is 321. The van der Waals surface area contributed by atoms with E-state index >= 15 is 0 Å². The van der Waals surface area contributed by atoms with Gasteiger partial charge in [0, 0.05) is 6.54 Å². The van der Waals surface area contributed by atoms with Crippen LogP contribution in [0.5, 0.6) is 0 Å². The smallest absolute Gasteiger partial charge is 0.0868 e. The molecule has 0 saturated carbocycles. The number of benzene rings is 1. The van der Waals surface area contributed by atoms with Gasteiger partial charge in [0.15, 0.2) is 0 Å². The summed E-state index contributed by atoms with van der Waals surface area (Å²) in [4.78, 5) is 2.17. The van der Waals surface area contributed by atoms with Crippen LogP contribution in [0.3, 0.4) is 0 Å². The van der Waals surface area contributed by atoms with Crippen LogP contribution in [0.4, 0.5) is 0 Å². The molecule has 0 aliphatic carbocycles. The van der Waals surface area contributed by atoms with Crippen molar-refractivity contribution in [2.75, 3.05) is 13.1 Å². The number of rotatable bonds is 5. The first kappa shape index (κ1) is 11.7. The fraction of sp³-hybridized carbons (Fsp3) is 0.462. The Morgan fingerprint density at radius 1 is 1.27 bits per heavy atom. The second-order valence-corrected chi connectivity index (χ2v) is 3.85. The lowest BCUT2D eigenvalue weighted by Gasteiger charge is -2.18. The molecule has 0 saturated heterocycles. The van der Waals surface area contributed by atoms with Gasteiger partial charge in [0.2, 0.25) is 0 Å². The highest BCUT2D eigenvalue weighted by Crippen LogP contribution is 2.07. The van der Waals surface area contributed by atoms with Gasteiger partial charge in [-0.1, -0.05) is 36.8 Å². The summed E-state index contributed by atoms with van der Waals surface area (Å²) in [5, 5.41) is 8.69. The third-order valence-corrected chi connectivity index (χ3v) is 2.36. The monoisotopic (exact) mass is 202 g/mol. The Kier molecular flexibility index (Phi) is 4.86. The molecule has 0 spiro atoms. The zero-order valence-electron chi connectivity index (χ0n) is 9.53. The molecule has 0 aromatic heterocycles. The Hall–Kier alpha value is -1.33. The average Bonchev–Trinajstić information content (AvgIpc) is 2.22. The van der Waals surface area contributed by atoms with Crippen LogP contribution in [0.25, 0.3) is 0 Å². The molecule has 1 aromatic rings. The van der Waals surface area contributed by atoms with Crippen molar-refractivity contribution in [3.63, 3.8) is 0 Å². The minimum atomic E-state index is 0.516. The van der Waals surface area contributed by atoms with Crippen molar-refractivity contribution in [3.8, 4) is 6.07 Å². The van der Waals surface area contributed by atoms with Gasteiger partial charge in [-0.15, -0.1) is 0 Å². The van der Waals surface area contributed by atoms with E-state index < -0.39 is 0 Å². The van der Waals surface area contributed by atoms with Gasteiger partial charge in [-0.05, 0) is 25.5 Å². The van der Waals surface area contributed by atoms with Gasteiger partial charge < -0.3 is 0 Å². The first-order valence-electron chi connectivity index (χ1n) is 5.41. The maximum absolute atomic E-state index is 8.69. The summed E-state index contributed by atoms with van der Waals surface area (Å²) in [6.45, 7) is 6.60. The third-order valence-electron chi connectivity index (χ3n) is 2.36. The van der Waals surface area contributed by atoms with E-state index in [2.05, 4.69) is 49.1 Å². The van der Waals surface area contributed by atoms with Crippen molar-refractivity contribution < 1.29 is 0 Å². The molecule has 2 nitrogen and oxygen atoms in total. The fourth-order valence-electron chi connectivity index (χ4n) is 1.58. The highest BCUT2D eigenvalue weighted by Gasteiger charge is 2.03. The molecular formula is C13H18N2. The molecule has 0 unspecified atom stereocenters. The number of nitriles is 1. The van der Waals surface area contributed by atoms with Crippen molar-refractivity contribution >= 4 is 0 Å². The van der Waals surface area contributed by atoms with Gasteiger partial charge in [-0.3, -0.25) is 4.90 Å². The van der Waals surface area contributed by atoms with Gasteiger partial charge in [-0.25, -0.2) is 0 Å². The summed E-state index contributed by atoms with van der Waals surface area (Å²) in [6, 6.07) is 10.7. The molecule has 0 amide bonds. The van der Waals surface area contributed by atoms with Crippen LogP contribution in [0, 0.1) is 18.3 Å². The fourth-order valence-corrected chi connectivity index (χ4v) is 1.58. The van der Waals surface area contributed by atoms with Crippen LogP contribution in [0.2, 0.25) is 0 Å². The summed E-state index contributed by atoms with van der Waals surface area (Å²) in [5.41, 5.74) is 2.56. The number of aryl methyl sites for hydroxylation is 1. The number of hydrogen-bond donors (Lipinski definition) is 0. The molecule has 0 atom stereocenters. The van der Waals surface area contributed by atoms with Crippen LogP contribution in [-0.4, -0.2) is 18.0 Å². The van der Waals surface area contributed by atoms with Crippen molar-refractivity contribution in [1.29, 1.82) is 5.26 Å². The van der Waals surface area contributed by atoms with Gasteiger partial charge in [0.05, 0.1) is 12.6 Å². The minimum Gasteiger partial charge on any atom is -0.286 e. The lowest BCUT2D eigenvalue weighted by atomic mass is 10.1. The quantitative estimate of drug-likeness (QED) is 0.686. The molecule has 0 aliphatic heterocycles. The summed E-state index contributed by atoms with van der Waals surface area (Å²) < 4.78 is 0. The standard InChI is InChI=1S/C13H18N2/c1-3-9-15(10-8-14)11-13-6-4-12(2)5-7-13/h4-7H,3,9-11H2,1-2H3. The highest BCUT2D eigenvalue weighted by atomic mass is 15.1. The Morgan fingerprint density at radius 2 is 1.93 bits per heavy atom. The molecule has 0 fully saturated rings. The van der Waals surface area contributed by atoms with E-state index in [1.54, 1.807) is 0 Å². The van der Waals surface area contributed by atoms with Crippen molar-refractivity contribution in [2.24, 2.45) is 0 Å². The molecule has 1 rings (SSSR count).